The molecular weight excluding hydrogens is 206 g/mol. The SMILES string of the molecule is CCC(=CCNC1CC2CCC1O2)C(=O)O. The highest BCUT2D eigenvalue weighted by atomic mass is 16.5. The van der Waals surface area contributed by atoms with Crippen molar-refractivity contribution in [1.82, 2.24) is 5.32 Å². The van der Waals surface area contributed by atoms with E-state index >= 15 is 0 Å². The van der Waals surface area contributed by atoms with Crippen LogP contribution in [0.15, 0.2) is 11.6 Å². The van der Waals surface area contributed by atoms with Crippen LogP contribution in [0.5, 0.6) is 0 Å². The maximum Gasteiger partial charge on any atom is 0.331 e. The number of hydrogen-bond acceptors (Lipinski definition) is 3. The molecule has 3 unspecified atom stereocenters. The van der Waals surface area contributed by atoms with Crippen LogP contribution < -0.4 is 5.32 Å². The molecule has 0 spiro atoms. The molecule has 4 nitrogen and oxygen atoms in total. The third-order valence-electron chi connectivity index (χ3n) is 3.49. The Balaban J connectivity index is 1.77. The molecule has 2 aliphatic heterocycles. The summed E-state index contributed by atoms with van der Waals surface area (Å²) in [5.41, 5.74) is 0.483. The van der Waals surface area contributed by atoms with Crippen LogP contribution in [0, 0.1) is 0 Å². The lowest BCUT2D eigenvalue weighted by molar-refractivity contribution is -0.132. The number of carboxylic acid groups (broad SMARTS) is 1. The van der Waals surface area contributed by atoms with E-state index in [0.29, 0.717) is 36.8 Å². The van der Waals surface area contributed by atoms with Crippen molar-refractivity contribution in [2.45, 2.75) is 50.9 Å². The van der Waals surface area contributed by atoms with Crippen molar-refractivity contribution in [2.24, 2.45) is 0 Å². The molecule has 0 aromatic rings. The highest BCUT2D eigenvalue weighted by molar-refractivity contribution is 5.86. The lowest BCUT2D eigenvalue weighted by Gasteiger charge is -2.19. The van der Waals surface area contributed by atoms with E-state index in [1.165, 1.54) is 6.42 Å². The van der Waals surface area contributed by atoms with Gasteiger partial charge >= 0.3 is 5.97 Å². The molecule has 2 fully saturated rings. The van der Waals surface area contributed by atoms with Gasteiger partial charge < -0.3 is 15.2 Å². The molecule has 2 aliphatic rings. The third-order valence-corrected chi connectivity index (χ3v) is 3.49. The van der Waals surface area contributed by atoms with E-state index in [9.17, 15) is 4.79 Å². The first kappa shape index (κ1) is 11.6. The Morgan fingerprint density at radius 3 is 2.88 bits per heavy atom. The van der Waals surface area contributed by atoms with Crippen LogP contribution in [0.2, 0.25) is 0 Å². The van der Waals surface area contributed by atoms with Gasteiger partial charge in [-0.3, -0.25) is 0 Å². The predicted molar refractivity (Wildman–Crippen MR) is 60.3 cm³/mol. The molecule has 0 aromatic heterocycles. The van der Waals surface area contributed by atoms with Gasteiger partial charge in [0.1, 0.15) is 0 Å². The molecule has 4 heteroatoms. The van der Waals surface area contributed by atoms with Gasteiger partial charge in [-0.2, -0.15) is 0 Å². The molecular formula is C12H19NO3. The molecule has 0 aliphatic carbocycles. The molecule has 16 heavy (non-hydrogen) atoms. The Morgan fingerprint density at radius 1 is 1.56 bits per heavy atom. The van der Waals surface area contributed by atoms with Crippen LogP contribution in [-0.2, 0) is 9.53 Å². The Hall–Kier alpha value is -0.870. The van der Waals surface area contributed by atoms with Crippen molar-refractivity contribution in [2.75, 3.05) is 6.54 Å². The number of aliphatic carboxylic acids is 1. The summed E-state index contributed by atoms with van der Waals surface area (Å²) >= 11 is 0. The number of hydrogen-bond donors (Lipinski definition) is 2. The van der Waals surface area contributed by atoms with Gasteiger partial charge in [-0.15, -0.1) is 0 Å². The summed E-state index contributed by atoms with van der Waals surface area (Å²) in [5, 5.41) is 12.2. The van der Waals surface area contributed by atoms with Crippen molar-refractivity contribution in [3.63, 3.8) is 0 Å². The summed E-state index contributed by atoms with van der Waals surface area (Å²) in [7, 11) is 0. The van der Waals surface area contributed by atoms with Gasteiger partial charge in [0.25, 0.3) is 0 Å². The zero-order valence-corrected chi connectivity index (χ0v) is 9.61. The third kappa shape index (κ3) is 2.44. The number of ether oxygens (including phenoxy) is 1. The standard InChI is InChI=1S/C12H19NO3/c1-2-8(12(14)15)5-6-13-10-7-9-3-4-11(10)16-9/h5,9-11,13H,2-4,6-7H2,1H3,(H,14,15). The predicted octanol–water partition coefficient (Wildman–Crippen LogP) is 1.32. The summed E-state index contributed by atoms with van der Waals surface area (Å²) < 4.78 is 5.72. The highest BCUT2D eigenvalue weighted by Crippen LogP contribution is 2.34. The molecule has 2 bridgehead atoms. The summed E-state index contributed by atoms with van der Waals surface area (Å²) in [6, 6.07) is 0.418. The molecule has 2 N–H and O–H groups in total. The molecule has 0 aromatic carbocycles. The van der Waals surface area contributed by atoms with Crippen LogP contribution in [0.4, 0.5) is 0 Å². The summed E-state index contributed by atoms with van der Waals surface area (Å²) in [5.74, 6) is -0.812. The first-order valence-corrected chi connectivity index (χ1v) is 6.02. The van der Waals surface area contributed by atoms with Gasteiger partial charge in [0.05, 0.1) is 12.2 Å². The molecule has 90 valence electrons. The average Bonchev–Trinajstić information content (AvgIpc) is 2.85. The quantitative estimate of drug-likeness (QED) is 0.693. The van der Waals surface area contributed by atoms with E-state index in [-0.39, 0.29) is 0 Å². The minimum atomic E-state index is -0.812. The van der Waals surface area contributed by atoms with Gasteiger partial charge in [-0.05, 0) is 25.7 Å². The molecule has 0 radical (unpaired) electrons. The Kier molecular flexibility index (Phi) is 3.61. The smallest absolute Gasteiger partial charge is 0.331 e. The lowest BCUT2D eigenvalue weighted by atomic mass is 9.95. The number of rotatable bonds is 5. The minimum Gasteiger partial charge on any atom is -0.478 e. The van der Waals surface area contributed by atoms with E-state index in [1.807, 2.05) is 6.92 Å². The molecule has 0 amide bonds. The Labute approximate surface area is 95.7 Å². The van der Waals surface area contributed by atoms with Gasteiger partial charge in [-0.1, -0.05) is 13.0 Å². The Morgan fingerprint density at radius 2 is 2.38 bits per heavy atom. The van der Waals surface area contributed by atoms with Crippen LogP contribution in [-0.4, -0.2) is 35.9 Å². The lowest BCUT2D eigenvalue weighted by Crippen LogP contribution is -2.37. The average molecular weight is 225 g/mol. The van der Waals surface area contributed by atoms with Crippen molar-refractivity contribution in [3.05, 3.63) is 11.6 Å². The number of fused-ring (bicyclic) bond motifs is 2. The van der Waals surface area contributed by atoms with E-state index < -0.39 is 5.97 Å². The second-order valence-electron chi connectivity index (χ2n) is 4.51. The topological polar surface area (TPSA) is 58.6 Å². The molecule has 0 saturated carbocycles. The van der Waals surface area contributed by atoms with E-state index in [0.717, 1.165) is 12.8 Å². The van der Waals surface area contributed by atoms with Crippen molar-refractivity contribution >= 4 is 5.97 Å². The zero-order valence-electron chi connectivity index (χ0n) is 9.61. The number of nitrogens with one attached hydrogen (secondary N) is 1. The van der Waals surface area contributed by atoms with Crippen LogP contribution in [0.25, 0.3) is 0 Å². The van der Waals surface area contributed by atoms with Crippen molar-refractivity contribution < 1.29 is 14.6 Å². The monoisotopic (exact) mass is 225 g/mol. The second kappa shape index (κ2) is 4.97. The van der Waals surface area contributed by atoms with Gasteiger partial charge in [0.15, 0.2) is 0 Å². The maximum atomic E-state index is 10.8. The Bertz CT molecular complexity index is 301. The van der Waals surface area contributed by atoms with E-state index in [1.54, 1.807) is 6.08 Å². The van der Waals surface area contributed by atoms with Crippen molar-refractivity contribution in [3.8, 4) is 0 Å². The van der Waals surface area contributed by atoms with Gasteiger partial charge in [0.2, 0.25) is 0 Å². The van der Waals surface area contributed by atoms with Crippen LogP contribution in [0.3, 0.4) is 0 Å². The summed E-state index contributed by atoms with van der Waals surface area (Å²) in [6.07, 6.45) is 6.55. The second-order valence-corrected chi connectivity index (χ2v) is 4.51. The van der Waals surface area contributed by atoms with Crippen LogP contribution >= 0.6 is 0 Å². The fraction of sp³-hybridized carbons (Fsp3) is 0.750. The first-order valence-electron chi connectivity index (χ1n) is 6.02. The van der Waals surface area contributed by atoms with Gasteiger partial charge in [-0.25, -0.2) is 4.79 Å². The highest BCUT2D eigenvalue weighted by Gasteiger charge is 2.40. The van der Waals surface area contributed by atoms with E-state index in [2.05, 4.69) is 5.32 Å². The van der Waals surface area contributed by atoms with Crippen molar-refractivity contribution in [1.29, 1.82) is 0 Å². The fourth-order valence-corrected chi connectivity index (χ4v) is 2.57. The molecule has 3 atom stereocenters. The van der Waals surface area contributed by atoms with Gasteiger partial charge in [0, 0.05) is 18.2 Å². The van der Waals surface area contributed by atoms with Crippen LogP contribution in [0.1, 0.15) is 32.6 Å². The molecule has 2 heterocycles. The maximum absolute atomic E-state index is 10.8. The fourth-order valence-electron chi connectivity index (χ4n) is 2.57. The normalized spacial score (nSPS) is 33.3. The zero-order chi connectivity index (χ0) is 11.5. The first-order chi connectivity index (χ1) is 7.70. The number of carbonyl (C=O) groups is 1. The van der Waals surface area contributed by atoms with E-state index in [4.69, 9.17) is 9.84 Å². The summed E-state index contributed by atoms with van der Waals surface area (Å²) in [6.45, 7) is 2.49. The minimum absolute atomic E-state index is 0.355. The molecule has 2 rings (SSSR count). The molecule has 2 saturated heterocycles. The number of carboxylic acids is 1. The largest absolute Gasteiger partial charge is 0.478 e. The summed E-state index contributed by atoms with van der Waals surface area (Å²) in [4.78, 5) is 10.8.